The molecule has 0 aliphatic rings. The number of aliphatic hydroxyl groups excluding tert-OH is 1. The van der Waals surface area contributed by atoms with E-state index in [1.807, 2.05) is 13.2 Å². The Morgan fingerprint density at radius 2 is 1.85 bits per heavy atom. The van der Waals surface area contributed by atoms with Crippen LogP contribution in [-0.4, -0.2) is 57.3 Å². The first kappa shape index (κ1) is 37.0. The standard InChI is InChI=1S/C19H23N3.C5H7N3O.C3H5N2S.CH4O.Y/c1-20-12-6-2-3-9-19-21-14-18(22-19)17-11-10-15-7-4-5-8-16(15)13-17;1-8-5(6)4(3-9)2-7-8;4-1-2-5-3-6;1-2;/h4-5,7-8,10-11,13-14,20H,2-3,6,9,12H2,1H3,(H,21,22);2-3H,6H2,1H3;1-4H,(H,5,6);2H,1H3;/q;;-1;;/b;;2-1-;;. The fraction of sp³-hybridized carbons (Fsp3) is 0.286. The molecule has 2 aromatic heterocycles. The van der Waals surface area contributed by atoms with Gasteiger partial charge in [0.05, 0.1) is 29.1 Å². The number of imidazole rings is 1. The number of nitrogen functional groups attached to an aromatic ring is 1. The average Bonchev–Trinajstić information content (AvgIpc) is 3.59. The Balaban J connectivity index is 0.000000701. The fourth-order valence-electron chi connectivity index (χ4n) is 3.41. The molecule has 40 heavy (non-hydrogen) atoms. The molecule has 0 saturated carbocycles. The van der Waals surface area contributed by atoms with E-state index in [0.29, 0.717) is 17.7 Å². The third-order valence-electron chi connectivity index (χ3n) is 5.42. The smallest absolute Gasteiger partial charge is 0.155 e. The number of carbonyl (C=O) groups excluding carboxylic acids is 1. The van der Waals surface area contributed by atoms with Gasteiger partial charge < -0.3 is 32.2 Å². The number of benzene rings is 2. The summed E-state index contributed by atoms with van der Waals surface area (Å²) in [5, 5.41) is 19.0. The molecule has 0 atom stereocenters. The molecule has 1 radical (unpaired) electrons. The summed E-state index contributed by atoms with van der Waals surface area (Å²) in [6, 6.07) is 15.0. The number of nitrogens with one attached hydrogen (secondary N) is 4. The molecule has 213 valence electrons. The van der Waals surface area contributed by atoms with Gasteiger partial charge in [0.25, 0.3) is 0 Å². The summed E-state index contributed by atoms with van der Waals surface area (Å²) in [6.07, 6.45) is 11.3. The number of aliphatic hydroxyl groups is 1. The van der Waals surface area contributed by atoms with E-state index in [2.05, 4.69) is 80.4 Å². The summed E-state index contributed by atoms with van der Waals surface area (Å²) in [5.41, 5.74) is 15.9. The van der Waals surface area contributed by atoms with Crippen molar-refractivity contribution in [2.24, 2.45) is 7.05 Å². The molecule has 0 spiro atoms. The normalized spacial score (nSPS) is 9.70. The van der Waals surface area contributed by atoms with Crippen LogP contribution in [0.1, 0.15) is 35.4 Å². The van der Waals surface area contributed by atoms with E-state index >= 15 is 0 Å². The van der Waals surface area contributed by atoms with Crippen LogP contribution in [0.15, 0.2) is 67.3 Å². The summed E-state index contributed by atoms with van der Waals surface area (Å²) < 4.78 is 1.45. The monoisotopic (exact) mass is 640 g/mol. The van der Waals surface area contributed by atoms with Crippen molar-refractivity contribution < 1.29 is 42.6 Å². The predicted molar refractivity (Wildman–Crippen MR) is 164 cm³/mol. The van der Waals surface area contributed by atoms with Crippen LogP contribution >= 0.6 is 12.2 Å². The molecular weight excluding hydrogens is 601 g/mol. The molecule has 0 bridgehead atoms. The number of hydrogen-bond acceptors (Lipinski definition) is 7. The topological polar surface area (TPSA) is 158 Å². The van der Waals surface area contributed by atoms with Crippen molar-refractivity contribution in [3.63, 3.8) is 0 Å². The molecule has 2 heterocycles. The first-order valence-corrected chi connectivity index (χ1v) is 12.9. The van der Waals surface area contributed by atoms with E-state index < -0.39 is 0 Å². The molecule has 2 aromatic carbocycles. The van der Waals surface area contributed by atoms with E-state index in [1.54, 1.807) is 7.05 Å². The first-order valence-electron chi connectivity index (χ1n) is 12.4. The number of aromatic amines is 1. The number of fused-ring (bicyclic) bond motifs is 1. The minimum absolute atomic E-state index is 0. The van der Waals surface area contributed by atoms with E-state index in [1.165, 1.54) is 58.2 Å². The van der Waals surface area contributed by atoms with Crippen molar-refractivity contribution >= 4 is 40.6 Å². The summed E-state index contributed by atoms with van der Waals surface area (Å²) in [6.45, 7) is 1.10. The summed E-state index contributed by atoms with van der Waals surface area (Å²) in [5.74, 6) is 1.50. The Morgan fingerprint density at radius 3 is 2.40 bits per heavy atom. The Hall–Kier alpha value is -2.96. The van der Waals surface area contributed by atoms with Gasteiger partial charge in [-0.15, -0.1) is 0 Å². The molecule has 0 amide bonds. The van der Waals surface area contributed by atoms with Gasteiger partial charge in [0.15, 0.2) is 6.29 Å². The third-order valence-corrected chi connectivity index (χ3v) is 5.55. The minimum Gasteiger partial charge on any atom is -0.704 e. The number of aldehydes is 1. The molecule has 4 aromatic rings. The van der Waals surface area contributed by atoms with Crippen LogP contribution in [0, 0.1) is 0 Å². The number of nitrogens with two attached hydrogens (primary N) is 1. The molecule has 10 nitrogen and oxygen atoms in total. The van der Waals surface area contributed by atoms with E-state index in [0.717, 1.165) is 37.8 Å². The number of H-pyrrole nitrogens is 1. The van der Waals surface area contributed by atoms with E-state index in [-0.39, 0.29) is 32.7 Å². The van der Waals surface area contributed by atoms with Gasteiger partial charge in [0.2, 0.25) is 0 Å². The number of anilines is 1. The zero-order chi connectivity index (χ0) is 28.9. The average molecular weight is 641 g/mol. The number of hydrogen-bond donors (Lipinski definition) is 5. The van der Waals surface area contributed by atoms with Crippen molar-refractivity contribution in [1.82, 2.24) is 30.4 Å². The Kier molecular flexibility index (Phi) is 21.1. The quantitative estimate of drug-likeness (QED) is 0.0954. The third kappa shape index (κ3) is 13.4. The second-order valence-corrected chi connectivity index (χ2v) is 8.30. The van der Waals surface area contributed by atoms with Crippen LogP contribution in [0.2, 0.25) is 0 Å². The predicted octanol–water partition coefficient (Wildman–Crippen LogP) is 4.64. The van der Waals surface area contributed by atoms with Crippen molar-refractivity contribution in [3.8, 4) is 11.3 Å². The van der Waals surface area contributed by atoms with Crippen LogP contribution in [-0.2, 0) is 46.2 Å². The molecule has 4 rings (SSSR count). The summed E-state index contributed by atoms with van der Waals surface area (Å²) in [4.78, 5) is 18.1. The number of carbonyl (C=O) groups is 1. The molecule has 0 fully saturated rings. The SMILES string of the molecule is CNCCCCCc1ncc(-c2ccc3ccccc3c2)[nH]1.CO.Cn1ncc(C=O)c1N.[NH-]/C=C\NC=S.[Y]. The first-order chi connectivity index (χ1) is 19.0. The zero-order valence-corrected chi connectivity index (χ0v) is 27.0. The Labute approximate surface area is 266 Å². The van der Waals surface area contributed by atoms with Gasteiger partial charge >= 0.3 is 0 Å². The molecule has 0 saturated heterocycles. The van der Waals surface area contributed by atoms with Gasteiger partial charge in [-0.25, -0.2) is 4.98 Å². The van der Waals surface area contributed by atoms with Crippen LogP contribution in [0.5, 0.6) is 0 Å². The van der Waals surface area contributed by atoms with Crippen molar-refractivity contribution in [2.45, 2.75) is 25.7 Å². The molecule has 0 aliphatic carbocycles. The molecule has 7 N–H and O–H groups in total. The maximum atomic E-state index is 10.1. The number of thiocarbonyl (C=S) groups is 1. The van der Waals surface area contributed by atoms with E-state index in [4.69, 9.17) is 16.6 Å². The second kappa shape index (κ2) is 22.8. The second-order valence-electron chi connectivity index (χ2n) is 8.06. The largest absolute Gasteiger partial charge is 0.704 e. The molecule has 0 aliphatic heterocycles. The molecule has 12 heteroatoms. The molecule has 0 unspecified atom stereocenters. The van der Waals surface area contributed by atoms with Crippen LogP contribution < -0.4 is 16.4 Å². The minimum atomic E-state index is 0. The summed E-state index contributed by atoms with van der Waals surface area (Å²) in [7, 11) is 4.69. The number of aromatic nitrogens is 4. The van der Waals surface area contributed by atoms with E-state index in [9.17, 15) is 4.79 Å². The number of rotatable bonds is 10. The van der Waals surface area contributed by atoms with Gasteiger partial charge in [-0.2, -0.15) is 11.3 Å². The maximum absolute atomic E-state index is 10.1. The van der Waals surface area contributed by atoms with Crippen molar-refractivity contribution in [1.29, 1.82) is 0 Å². The van der Waals surface area contributed by atoms with Crippen molar-refractivity contribution in [2.75, 3.05) is 26.4 Å². The van der Waals surface area contributed by atoms with Crippen LogP contribution in [0.4, 0.5) is 5.82 Å². The maximum Gasteiger partial charge on any atom is 0.155 e. The number of nitrogens with zero attached hydrogens (tertiary/aromatic N) is 3. The fourth-order valence-corrected chi connectivity index (χ4v) is 3.48. The Morgan fingerprint density at radius 1 is 1.12 bits per heavy atom. The number of aryl methyl sites for hydroxylation is 2. The van der Waals surface area contributed by atoms with Crippen molar-refractivity contribution in [3.05, 3.63) is 84.4 Å². The van der Waals surface area contributed by atoms with Crippen LogP contribution in [0.3, 0.4) is 0 Å². The van der Waals surface area contributed by atoms with Gasteiger partial charge in [0, 0.05) is 58.9 Å². The van der Waals surface area contributed by atoms with Gasteiger partial charge in [0.1, 0.15) is 11.6 Å². The summed E-state index contributed by atoms with van der Waals surface area (Å²) >= 11 is 4.35. The van der Waals surface area contributed by atoms with Gasteiger partial charge in [-0.05, 0) is 49.5 Å². The van der Waals surface area contributed by atoms with Gasteiger partial charge in [-0.3, -0.25) is 9.48 Å². The molecular formula is C28H39N8O2SY-. The van der Waals surface area contributed by atoms with Crippen LogP contribution in [0.25, 0.3) is 27.8 Å². The Bertz CT molecular complexity index is 1280. The zero-order valence-electron chi connectivity index (χ0n) is 23.3. The van der Waals surface area contributed by atoms with Gasteiger partial charge in [-0.1, -0.05) is 55.0 Å². The number of unbranched alkanes of at least 4 members (excludes halogenated alkanes) is 2.